The van der Waals surface area contributed by atoms with Crippen LogP contribution in [0.2, 0.25) is 0 Å². The summed E-state index contributed by atoms with van der Waals surface area (Å²) in [5.74, 6) is 0. The minimum absolute atomic E-state index is 0.457. The number of nitrogens with two attached hydrogens (primary N) is 1. The van der Waals surface area contributed by atoms with Crippen LogP contribution in [-0.2, 0) is 6.54 Å². The summed E-state index contributed by atoms with van der Waals surface area (Å²) >= 11 is 0. The van der Waals surface area contributed by atoms with Gasteiger partial charge in [-0.25, -0.2) is 0 Å². The highest BCUT2D eigenvalue weighted by atomic mass is 15.1. The fraction of sp³-hybridized carbons (Fsp3) is 0.267. The van der Waals surface area contributed by atoms with Gasteiger partial charge in [0.15, 0.2) is 0 Å². The molecule has 0 aliphatic carbocycles. The van der Waals surface area contributed by atoms with Gasteiger partial charge in [-0.05, 0) is 19.1 Å². The lowest BCUT2D eigenvalue weighted by Crippen LogP contribution is -2.20. The third-order valence-electron chi connectivity index (χ3n) is 2.87. The maximum Gasteiger partial charge on any atom is 0.0726 e. The number of hydrogen-bond donors (Lipinski definition) is 1. The molecule has 2 aromatic rings. The highest BCUT2D eigenvalue weighted by Gasteiger charge is 2.08. The number of para-hydroxylation sites is 1. The lowest BCUT2D eigenvalue weighted by Gasteiger charge is -2.22. The van der Waals surface area contributed by atoms with Crippen LogP contribution in [0.1, 0.15) is 12.6 Å². The zero-order valence-electron chi connectivity index (χ0n) is 11.0. The maximum atomic E-state index is 5.71. The standard InChI is InChI=1S/C15H19N3/c1-11(2)10-18(3)15-8-12(9-16)17-14-7-5-4-6-13(14)15/h4-8H,1,9-10,16H2,2-3H3. The molecule has 0 bridgehead atoms. The van der Waals surface area contributed by atoms with Gasteiger partial charge in [0.2, 0.25) is 0 Å². The van der Waals surface area contributed by atoms with Gasteiger partial charge in [0, 0.05) is 31.2 Å². The van der Waals surface area contributed by atoms with Crippen molar-refractivity contribution in [2.24, 2.45) is 5.73 Å². The van der Waals surface area contributed by atoms with Crippen molar-refractivity contribution < 1.29 is 0 Å². The molecule has 0 saturated carbocycles. The number of hydrogen-bond acceptors (Lipinski definition) is 3. The Bertz CT molecular complexity index is 575. The SMILES string of the molecule is C=C(C)CN(C)c1cc(CN)nc2ccccc12. The van der Waals surface area contributed by atoms with E-state index in [2.05, 4.69) is 35.6 Å². The summed E-state index contributed by atoms with van der Waals surface area (Å²) in [7, 11) is 2.07. The Morgan fingerprint density at radius 1 is 1.39 bits per heavy atom. The largest absolute Gasteiger partial charge is 0.370 e. The molecule has 0 aliphatic rings. The summed E-state index contributed by atoms with van der Waals surface area (Å²) in [5, 5.41) is 1.15. The average Bonchev–Trinajstić information content (AvgIpc) is 2.36. The molecule has 94 valence electrons. The van der Waals surface area contributed by atoms with Crippen LogP contribution in [-0.4, -0.2) is 18.6 Å². The van der Waals surface area contributed by atoms with E-state index in [1.165, 1.54) is 0 Å². The van der Waals surface area contributed by atoms with Gasteiger partial charge in [0.25, 0.3) is 0 Å². The van der Waals surface area contributed by atoms with Gasteiger partial charge >= 0.3 is 0 Å². The zero-order chi connectivity index (χ0) is 13.1. The lowest BCUT2D eigenvalue weighted by molar-refractivity contribution is 0.966. The van der Waals surface area contributed by atoms with Crippen molar-refractivity contribution in [1.29, 1.82) is 0 Å². The molecular formula is C15H19N3. The van der Waals surface area contributed by atoms with Gasteiger partial charge in [-0.1, -0.05) is 30.4 Å². The first-order chi connectivity index (χ1) is 8.61. The van der Waals surface area contributed by atoms with Crippen LogP contribution in [0.3, 0.4) is 0 Å². The van der Waals surface area contributed by atoms with Gasteiger partial charge in [-0.3, -0.25) is 4.98 Å². The van der Waals surface area contributed by atoms with Gasteiger partial charge in [-0.2, -0.15) is 0 Å². The second-order valence-electron chi connectivity index (χ2n) is 4.67. The minimum Gasteiger partial charge on any atom is -0.370 e. The Balaban J connectivity index is 2.56. The van der Waals surface area contributed by atoms with E-state index < -0.39 is 0 Å². The number of fused-ring (bicyclic) bond motifs is 1. The topological polar surface area (TPSA) is 42.1 Å². The molecule has 0 unspecified atom stereocenters. The van der Waals surface area contributed by atoms with E-state index in [-0.39, 0.29) is 0 Å². The quantitative estimate of drug-likeness (QED) is 0.837. The van der Waals surface area contributed by atoms with Crippen molar-refractivity contribution in [3.8, 4) is 0 Å². The van der Waals surface area contributed by atoms with Crippen LogP contribution in [0, 0.1) is 0 Å². The van der Waals surface area contributed by atoms with E-state index in [4.69, 9.17) is 5.73 Å². The molecular weight excluding hydrogens is 222 g/mol. The first-order valence-electron chi connectivity index (χ1n) is 6.06. The van der Waals surface area contributed by atoms with Crippen LogP contribution in [0.15, 0.2) is 42.5 Å². The summed E-state index contributed by atoms with van der Waals surface area (Å²) in [4.78, 5) is 6.73. The lowest BCUT2D eigenvalue weighted by atomic mass is 10.1. The second-order valence-corrected chi connectivity index (χ2v) is 4.67. The molecule has 3 heteroatoms. The molecule has 1 aromatic carbocycles. The predicted octanol–water partition coefficient (Wildman–Crippen LogP) is 2.71. The molecule has 1 heterocycles. The number of rotatable bonds is 4. The molecule has 1 aromatic heterocycles. The molecule has 0 spiro atoms. The Morgan fingerprint density at radius 3 is 2.78 bits per heavy atom. The number of anilines is 1. The minimum atomic E-state index is 0.457. The first-order valence-corrected chi connectivity index (χ1v) is 6.06. The van der Waals surface area contributed by atoms with Crippen LogP contribution < -0.4 is 10.6 Å². The summed E-state index contributed by atoms with van der Waals surface area (Å²) in [6.07, 6.45) is 0. The second kappa shape index (κ2) is 5.19. The van der Waals surface area contributed by atoms with Crippen molar-refractivity contribution in [3.05, 3.63) is 48.2 Å². The van der Waals surface area contributed by atoms with E-state index in [0.29, 0.717) is 6.54 Å². The van der Waals surface area contributed by atoms with E-state index in [1.807, 2.05) is 25.1 Å². The molecule has 0 saturated heterocycles. The smallest absolute Gasteiger partial charge is 0.0726 e. The fourth-order valence-electron chi connectivity index (χ4n) is 2.12. The Kier molecular flexibility index (Phi) is 3.63. The number of nitrogens with zero attached hydrogens (tertiary/aromatic N) is 2. The van der Waals surface area contributed by atoms with E-state index in [1.54, 1.807) is 0 Å². The Labute approximate surface area is 108 Å². The van der Waals surface area contributed by atoms with Crippen molar-refractivity contribution in [3.63, 3.8) is 0 Å². The van der Waals surface area contributed by atoms with Crippen LogP contribution in [0.4, 0.5) is 5.69 Å². The fourth-order valence-corrected chi connectivity index (χ4v) is 2.12. The van der Waals surface area contributed by atoms with Gasteiger partial charge in [0.1, 0.15) is 0 Å². The zero-order valence-corrected chi connectivity index (χ0v) is 11.0. The molecule has 2 N–H and O–H groups in total. The summed E-state index contributed by atoms with van der Waals surface area (Å²) in [6.45, 7) is 7.28. The number of aromatic nitrogens is 1. The summed E-state index contributed by atoms with van der Waals surface area (Å²) in [6, 6.07) is 10.2. The summed E-state index contributed by atoms with van der Waals surface area (Å²) in [5.41, 5.74) is 9.91. The molecule has 2 rings (SSSR count). The highest BCUT2D eigenvalue weighted by Crippen LogP contribution is 2.26. The van der Waals surface area contributed by atoms with Gasteiger partial charge in [-0.15, -0.1) is 0 Å². The molecule has 0 amide bonds. The molecule has 3 nitrogen and oxygen atoms in total. The van der Waals surface area contributed by atoms with Crippen LogP contribution in [0.5, 0.6) is 0 Å². The Morgan fingerprint density at radius 2 is 2.11 bits per heavy atom. The monoisotopic (exact) mass is 241 g/mol. The maximum absolute atomic E-state index is 5.71. The van der Waals surface area contributed by atoms with E-state index >= 15 is 0 Å². The van der Waals surface area contributed by atoms with Crippen LogP contribution >= 0.6 is 0 Å². The number of pyridine rings is 1. The number of benzene rings is 1. The van der Waals surface area contributed by atoms with E-state index in [9.17, 15) is 0 Å². The van der Waals surface area contributed by atoms with Crippen LogP contribution in [0.25, 0.3) is 10.9 Å². The average molecular weight is 241 g/mol. The van der Waals surface area contributed by atoms with Gasteiger partial charge < -0.3 is 10.6 Å². The molecule has 0 atom stereocenters. The van der Waals surface area contributed by atoms with E-state index in [0.717, 1.165) is 34.4 Å². The molecule has 18 heavy (non-hydrogen) atoms. The van der Waals surface area contributed by atoms with Gasteiger partial charge in [0.05, 0.1) is 11.2 Å². The number of likely N-dealkylation sites (N-methyl/N-ethyl adjacent to an activating group) is 1. The molecule has 0 radical (unpaired) electrons. The third kappa shape index (κ3) is 2.51. The normalized spacial score (nSPS) is 10.6. The van der Waals surface area contributed by atoms with Crippen molar-refractivity contribution in [2.45, 2.75) is 13.5 Å². The predicted molar refractivity (Wildman–Crippen MR) is 77.7 cm³/mol. The highest BCUT2D eigenvalue weighted by molar-refractivity contribution is 5.91. The summed E-state index contributed by atoms with van der Waals surface area (Å²) < 4.78 is 0. The molecule has 0 fully saturated rings. The third-order valence-corrected chi connectivity index (χ3v) is 2.87. The van der Waals surface area contributed by atoms with Crippen molar-refractivity contribution in [1.82, 2.24) is 4.98 Å². The van der Waals surface area contributed by atoms with Crippen molar-refractivity contribution in [2.75, 3.05) is 18.5 Å². The Hall–Kier alpha value is -1.87. The first kappa shape index (κ1) is 12.6. The molecule has 0 aliphatic heterocycles. The van der Waals surface area contributed by atoms with Crippen molar-refractivity contribution >= 4 is 16.6 Å².